The van der Waals surface area contributed by atoms with Crippen LogP contribution in [-0.2, 0) is 25.8 Å². The third-order valence-electron chi connectivity index (χ3n) is 5.11. The van der Waals surface area contributed by atoms with Crippen LogP contribution in [0.25, 0.3) is 10.9 Å². The van der Waals surface area contributed by atoms with Crippen molar-refractivity contribution in [2.24, 2.45) is 0 Å². The van der Waals surface area contributed by atoms with Gasteiger partial charge in [0.2, 0.25) is 0 Å². The monoisotopic (exact) mass is 417 g/mol. The van der Waals surface area contributed by atoms with Crippen LogP contribution >= 0.6 is 27.5 Å². The first-order valence-electron chi connectivity index (χ1n) is 8.69. The largest absolute Gasteiger partial charge is 0.344 e. The molecule has 4 rings (SSSR count). The van der Waals surface area contributed by atoms with Gasteiger partial charge in [0.05, 0.1) is 0 Å². The summed E-state index contributed by atoms with van der Waals surface area (Å²) >= 11 is 9.81. The number of aryl methyl sites for hydroxylation is 2. The standard InChI is InChI=1S/C20H21BrClN3/c1-24-7-5-17-18-11-16(22)2-3-19(18)25(20(17)6-8-24)9-4-14-10-15(21)13-23-12-14/h2-3,10-13H,4-9H2,1H3. The zero-order chi connectivity index (χ0) is 17.4. The second-order valence-electron chi connectivity index (χ2n) is 6.80. The van der Waals surface area contributed by atoms with E-state index in [1.807, 2.05) is 18.5 Å². The van der Waals surface area contributed by atoms with Crippen molar-refractivity contribution in [3.05, 3.63) is 63.0 Å². The number of aromatic nitrogens is 2. The molecule has 1 aliphatic rings. The molecule has 2 aromatic heterocycles. The first-order valence-corrected chi connectivity index (χ1v) is 9.86. The molecule has 3 aromatic rings. The van der Waals surface area contributed by atoms with Gasteiger partial charge in [0.15, 0.2) is 0 Å². The number of rotatable bonds is 3. The van der Waals surface area contributed by atoms with E-state index < -0.39 is 0 Å². The number of halogens is 2. The average molecular weight is 419 g/mol. The van der Waals surface area contributed by atoms with E-state index in [1.54, 1.807) is 0 Å². The van der Waals surface area contributed by atoms with Gasteiger partial charge in [0.1, 0.15) is 0 Å². The highest BCUT2D eigenvalue weighted by Gasteiger charge is 2.20. The van der Waals surface area contributed by atoms with Gasteiger partial charge < -0.3 is 9.47 Å². The van der Waals surface area contributed by atoms with E-state index in [4.69, 9.17) is 11.6 Å². The lowest BCUT2D eigenvalue weighted by atomic mass is 10.1. The third kappa shape index (κ3) is 3.48. The molecule has 0 atom stereocenters. The van der Waals surface area contributed by atoms with E-state index in [-0.39, 0.29) is 0 Å². The summed E-state index contributed by atoms with van der Waals surface area (Å²) in [6, 6.07) is 8.47. The van der Waals surface area contributed by atoms with Gasteiger partial charge >= 0.3 is 0 Å². The molecule has 1 aromatic carbocycles. The summed E-state index contributed by atoms with van der Waals surface area (Å²) in [7, 11) is 2.21. The molecule has 1 aliphatic heterocycles. The van der Waals surface area contributed by atoms with Crippen molar-refractivity contribution >= 4 is 38.4 Å². The molecule has 0 N–H and O–H groups in total. The Morgan fingerprint density at radius 2 is 2.00 bits per heavy atom. The Bertz CT molecular complexity index is 919. The fourth-order valence-electron chi connectivity index (χ4n) is 3.81. The fraction of sp³-hybridized carbons (Fsp3) is 0.350. The highest BCUT2D eigenvalue weighted by molar-refractivity contribution is 9.10. The summed E-state index contributed by atoms with van der Waals surface area (Å²) in [5.41, 5.74) is 5.52. The van der Waals surface area contributed by atoms with Crippen molar-refractivity contribution in [2.45, 2.75) is 25.8 Å². The topological polar surface area (TPSA) is 21.1 Å². The summed E-state index contributed by atoms with van der Waals surface area (Å²) in [4.78, 5) is 6.71. The lowest BCUT2D eigenvalue weighted by Gasteiger charge is -2.14. The molecule has 3 heterocycles. The summed E-state index contributed by atoms with van der Waals surface area (Å²) in [6.07, 6.45) is 6.95. The van der Waals surface area contributed by atoms with E-state index >= 15 is 0 Å². The van der Waals surface area contributed by atoms with E-state index in [9.17, 15) is 0 Å². The Balaban J connectivity index is 1.74. The summed E-state index contributed by atoms with van der Waals surface area (Å²) in [5, 5.41) is 2.14. The molecule has 0 spiro atoms. The zero-order valence-corrected chi connectivity index (χ0v) is 16.6. The minimum atomic E-state index is 0.821. The number of benzene rings is 1. The molecule has 0 bridgehead atoms. The van der Waals surface area contributed by atoms with Gasteiger partial charge in [0, 0.05) is 64.5 Å². The van der Waals surface area contributed by atoms with Gasteiger partial charge in [-0.3, -0.25) is 4.98 Å². The van der Waals surface area contributed by atoms with Crippen molar-refractivity contribution in [3.8, 4) is 0 Å². The fourth-order valence-corrected chi connectivity index (χ4v) is 4.40. The minimum Gasteiger partial charge on any atom is -0.344 e. The molecule has 3 nitrogen and oxygen atoms in total. The van der Waals surface area contributed by atoms with Crippen LogP contribution in [0.15, 0.2) is 41.1 Å². The van der Waals surface area contributed by atoms with Crippen molar-refractivity contribution in [3.63, 3.8) is 0 Å². The SMILES string of the molecule is CN1CCc2c(n(CCc3cncc(Br)c3)c3ccc(Cl)cc23)CC1. The van der Waals surface area contributed by atoms with Crippen LogP contribution in [0.3, 0.4) is 0 Å². The smallest absolute Gasteiger partial charge is 0.0486 e. The van der Waals surface area contributed by atoms with E-state index in [2.05, 4.69) is 55.6 Å². The molecular formula is C20H21BrClN3. The molecule has 25 heavy (non-hydrogen) atoms. The Hall–Kier alpha value is -1.36. The number of likely N-dealkylation sites (N-methyl/N-ethyl adjacent to an activating group) is 1. The molecular weight excluding hydrogens is 398 g/mol. The van der Waals surface area contributed by atoms with Gasteiger partial charge in [-0.15, -0.1) is 0 Å². The number of nitrogens with zero attached hydrogens (tertiary/aromatic N) is 3. The predicted octanol–water partition coefficient (Wildman–Crippen LogP) is 4.73. The maximum atomic E-state index is 6.30. The molecule has 0 radical (unpaired) electrons. The van der Waals surface area contributed by atoms with Crippen LogP contribution < -0.4 is 0 Å². The lowest BCUT2D eigenvalue weighted by Crippen LogP contribution is -2.21. The molecule has 0 unspecified atom stereocenters. The molecule has 0 aliphatic carbocycles. The van der Waals surface area contributed by atoms with Crippen molar-refractivity contribution in [1.82, 2.24) is 14.5 Å². The van der Waals surface area contributed by atoms with Crippen LogP contribution in [0.5, 0.6) is 0 Å². The first kappa shape index (κ1) is 17.1. The number of hydrogen-bond acceptors (Lipinski definition) is 2. The van der Waals surface area contributed by atoms with Crippen LogP contribution in [0.1, 0.15) is 16.8 Å². The Morgan fingerprint density at radius 1 is 1.16 bits per heavy atom. The van der Waals surface area contributed by atoms with Crippen LogP contribution in [0, 0.1) is 0 Å². The average Bonchev–Trinajstić information content (AvgIpc) is 2.73. The maximum absolute atomic E-state index is 6.30. The van der Waals surface area contributed by atoms with Crippen molar-refractivity contribution < 1.29 is 0 Å². The van der Waals surface area contributed by atoms with Crippen LogP contribution in [0.4, 0.5) is 0 Å². The summed E-state index contributed by atoms with van der Waals surface area (Å²) in [6.45, 7) is 3.18. The number of hydrogen-bond donors (Lipinski definition) is 0. The molecule has 130 valence electrons. The number of pyridine rings is 1. The zero-order valence-electron chi connectivity index (χ0n) is 14.3. The minimum absolute atomic E-state index is 0.821. The molecule has 0 fully saturated rings. The predicted molar refractivity (Wildman–Crippen MR) is 107 cm³/mol. The molecule has 0 saturated heterocycles. The molecule has 5 heteroatoms. The van der Waals surface area contributed by atoms with Crippen molar-refractivity contribution in [1.29, 1.82) is 0 Å². The first-order chi connectivity index (χ1) is 12.1. The molecule has 0 amide bonds. The third-order valence-corrected chi connectivity index (χ3v) is 5.78. The Labute approximate surface area is 161 Å². The number of fused-ring (bicyclic) bond motifs is 3. The summed E-state index contributed by atoms with van der Waals surface area (Å²) < 4.78 is 3.54. The Morgan fingerprint density at radius 3 is 2.84 bits per heavy atom. The van der Waals surface area contributed by atoms with E-state index in [1.165, 1.54) is 27.7 Å². The van der Waals surface area contributed by atoms with Crippen LogP contribution in [-0.4, -0.2) is 34.6 Å². The Kier molecular flexibility index (Phi) is 4.85. The van der Waals surface area contributed by atoms with E-state index in [0.717, 1.165) is 48.4 Å². The maximum Gasteiger partial charge on any atom is 0.0486 e. The van der Waals surface area contributed by atoms with Gasteiger partial charge in [-0.1, -0.05) is 11.6 Å². The molecule has 0 saturated carbocycles. The van der Waals surface area contributed by atoms with Gasteiger partial charge in [-0.05, 0) is 71.2 Å². The van der Waals surface area contributed by atoms with Crippen molar-refractivity contribution in [2.75, 3.05) is 20.1 Å². The highest BCUT2D eigenvalue weighted by atomic mass is 79.9. The summed E-state index contributed by atoms with van der Waals surface area (Å²) in [5.74, 6) is 0. The second kappa shape index (κ2) is 7.10. The lowest BCUT2D eigenvalue weighted by molar-refractivity contribution is 0.351. The van der Waals surface area contributed by atoms with Gasteiger partial charge in [-0.25, -0.2) is 0 Å². The second-order valence-corrected chi connectivity index (χ2v) is 8.16. The van der Waals surface area contributed by atoms with Gasteiger partial charge in [-0.2, -0.15) is 0 Å². The quantitative estimate of drug-likeness (QED) is 0.613. The highest BCUT2D eigenvalue weighted by Crippen LogP contribution is 2.31. The van der Waals surface area contributed by atoms with Gasteiger partial charge in [0.25, 0.3) is 0 Å². The van der Waals surface area contributed by atoms with E-state index in [0.29, 0.717) is 0 Å². The van der Waals surface area contributed by atoms with Crippen LogP contribution in [0.2, 0.25) is 5.02 Å². The normalized spacial score (nSPS) is 15.3.